The van der Waals surface area contributed by atoms with Crippen molar-refractivity contribution in [1.29, 1.82) is 0 Å². The number of hydrogen-bond acceptors (Lipinski definition) is 3. The normalized spacial score (nSPS) is 40.1. The molecule has 2 heterocycles. The predicted octanol–water partition coefficient (Wildman–Crippen LogP) is 1.45. The summed E-state index contributed by atoms with van der Waals surface area (Å²) in [5.74, 6) is 0.217. The number of carbonyl (C=O) groups excluding carboxylic acids is 1. The molecule has 2 N–H and O–H groups in total. The molecule has 0 aromatic rings. The Bertz CT molecular complexity index is 313. The van der Waals surface area contributed by atoms with Crippen molar-refractivity contribution in [2.45, 2.75) is 58.1 Å². The predicted molar refractivity (Wildman–Crippen MR) is 71.4 cm³/mol. The molecular weight excluding hydrogens is 228 g/mol. The van der Waals surface area contributed by atoms with Gasteiger partial charge in [-0.3, -0.25) is 4.79 Å². The molecule has 0 aromatic heterocycles. The highest BCUT2D eigenvalue weighted by atomic mass is 16.5. The van der Waals surface area contributed by atoms with Gasteiger partial charge in [0.2, 0.25) is 5.91 Å². The fraction of sp³-hybridized carbons (Fsp3) is 0.929. The number of amides is 1. The number of ether oxygens (including phenoxy) is 1. The number of carbonyl (C=O) groups is 1. The molecule has 0 bridgehead atoms. The summed E-state index contributed by atoms with van der Waals surface area (Å²) in [4.78, 5) is 12.7. The number of hydrogen-bond donors (Lipinski definition) is 2. The molecule has 1 amide bonds. The van der Waals surface area contributed by atoms with E-state index in [0.29, 0.717) is 0 Å². The Labute approximate surface area is 110 Å². The van der Waals surface area contributed by atoms with E-state index in [1.165, 1.54) is 0 Å². The lowest BCUT2D eigenvalue weighted by atomic mass is 9.80. The van der Waals surface area contributed by atoms with Gasteiger partial charge >= 0.3 is 0 Å². The Morgan fingerprint density at radius 1 is 1.50 bits per heavy atom. The van der Waals surface area contributed by atoms with Gasteiger partial charge in [0.25, 0.3) is 0 Å². The van der Waals surface area contributed by atoms with Gasteiger partial charge in [-0.1, -0.05) is 13.3 Å². The third-order valence-electron chi connectivity index (χ3n) is 4.74. The molecule has 0 saturated carbocycles. The van der Waals surface area contributed by atoms with E-state index in [4.69, 9.17) is 4.74 Å². The third kappa shape index (κ3) is 2.41. The van der Waals surface area contributed by atoms with Crippen LogP contribution in [0.1, 0.15) is 46.5 Å². The lowest BCUT2D eigenvalue weighted by Gasteiger charge is -2.35. The molecule has 0 spiro atoms. The van der Waals surface area contributed by atoms with Gasteiger partial charge in [-0.05, 0) is 39.7 Å². The van der Waals surface area contributed by atoms with Crippen LogP contribution < -0.4 is 10.6 Å². The van der Waals surface area contributed by atoms with Gasteiger partial charge in [0.1, 0.15) is 0 Å². The number of nitrogens with one attached hydrogen (secondary N) is 2. The van der Waals surface area contributed by atoms with Crippen LogP contribution >= 0.6 is 0 Å². The summed E-state index contributed by atoms with van der Waals surface area (Å²) in [6.45, 7) is 8.82. The Balaban J connectivity index is 2.05. The van der Waals surface area contributed by atoms with Crippen LogP contribution in [-0.2, 0) is 9.53 Å². The van der Waals surface area contributed by atoms with E-state index < -0.39 is 0 Å². The number of rotatable bonds is 4. The van der Waals surface area contributed by atoms with Crippen molar-refractivity contribution < 1.29 is 9.53 Å². The molecule has 0 radical (unpaired) electrons. The SMILES string of the molecule is CCCC1(C(=O)NC2(C)CCOC2C)CCNC1. The van der Waals surface area contributed by atoms with Crippen LogP contribution in [0.25, 0.3) is 0 Å². The van der Waals surface area contributed by atoms with Gasteiger partial charge in [-0.15, -0.1) is 0 Å². The maximum atomic E-state index is 12.7. The highest BCUT2D eigenvalue weighted by molar-refractivity contribution is 5.84. The van der Waals surface area contributed by atoms with E-state index in [1.807, 2.05) is 6.92 Å². The second-order valence-electron chi connectivity index (χ2n) is 6.09. The maximum Gasteiger partial charge on any atom is 0.228 e. The summed E-state index contributed by atoms with van der Waals surface area (Å²) >= 11 is 0. The second kappa shape index (κ2) is 5.17. The highest BCUT2D eigenvalue weighted by Gasteiger charge is 2.45. The quantitative estimate of drug-likeness (QED) is 0.798. The average Bonchev–Trinajstić information content (AvgIpc) is 2.90. The molecule has 4 nitrogen and oxygen atoms in total. The second-order valence-corrected chi connectivity index (χ2v) is 6.09. The van der Waals surface area contributed by atoms with Gasteiger partial charge in [-0.2, -0.15) is 0 Å². The molecule has 0 aliphatic carbocycles. The standard InChI is InChI=1S/C14H26N2O2/c1-4-5-14(6-8-15-10-14)12(17)16-13(3)7-9-18-11(13)2/h11,15H,4-10H2,1-3H3,(H,16,17). The molecule has 2 rings (SSSR count). The van der Waals surface area contributed by atoms with E-state index >= 15 is 0 Å². The van der Waals surface area contributed by atoms with Crippen molar-refractivity contribution in [2.24, 2.45) is 5.41 Å². The van der Waals surface area contributed by atoms with Crippen molar-refractivity contribution in [3.63, 3.8) is 0 Å². The van der Waals surface area contributed by atoms with Crippen LogP contribution in [0.5, 0.6) is 0 Å². The monoisotopic (exact) mass is 254 g/mol. The van der Waals surface area contributed by atoms with Gasteiger partial charge in [0.15, 0.2) is 0 Å². The largest absolute Gasteiger partial charge is 0.376 e. The topological polar surface area (TPSA) is 50.4 Å². The van der Waals surface area contributed by atoms with E-state index in [0.717, 1.165) is 45.4 Å². The van der Waals surface area contributed by atoms with Crippen molar-refractivity contribution in [3.8, 4) is 0 Å². The first-order valence-corrected chi connectivity index (χ1v) is 7.17. The van der Waals surface area contributed by atoms with E-state index in [9.17, 15) is 4.79 Å². The van der Waals surface area contributed by atoms with Crippen molar-refractivity contribution in [1.82, 2.24) is 10.6 Å². The van der Waals surface area contributed by atoms with Gasteiger partial charge in [0, 0.05) is 13.2 Å². The highest BCUT2D eigenvalue weighted by Crippen LogP contribution is 2.34. The van der Waals surface area contributed by atoms with Crippen LogP contribution in [0.4, 0.5) is 0 Å². The molecule has 2 aliphatic rings. The Hall–Kier alpha value is -0.610. The van der Waals surface area contributed by atoms with Crippen LogP contribution in [0.15, 0.2) is 0 Å². The zero-order chi connectivity index (χ0) is 13.2. The van der Waals surface area contributed by atoms with Crippen LogP contribution in [0.2, 0.25) is 0 Å². The lowest BCUT2D eigenvalue weighted by Crippen LogP contribution is -2.55. The Morgan fingerprint density at radius 2 is 2.28 bits per heavy atom. The van der Waals surface area contributed by atoms with E-state index in [2.05, 4.69) is 24.5 Å². The Morgan fingerprint density at radius 3 is 2.78 bits per heavy atom. The summed E-state index contributed by atoms with van der Waals surface area (Å²) in [5, 5.41) is 6.60. The minimum absolute atomic E-state index is 0.106. The third-order valence-corrected chi connectivity index (χ3v) is 4.74. The first kappa shape index (κ1) is 13.8. The first-order valence-electron chi connectivity index (χ1n) is 7.17. The summed E-state index contributed by atoms with van der Waals surface area (Å²) in [6, 6.07) is 0. The zero-order valence-electron chi connectivity index (χ0n) is 11.8. The molecule has 104 valence electrons. The van der Waals surface area contributed by atoms with Crippen molar-refractivity contribution >= 4 is 5.91 Å². The fourth-order valence-corrected chi connectivity index (χ4v) is 3.13. The fourth-order valence-electron chi connectivity index (χ4n) is 3.13. The van der Waals surface area contributed by atoms with Gasteiger partial charge in [-0.25, -0.2) is 0 Å². The Kier molecular flexibility index (Phi) is 3.97. The molecule has 18 heavy (non-hydrogen) atoms. The smallest absolute Gasteiger partial charge is 0.228 e. The van der Waals surface area contributed by atoms with Crippen molar-refractivity contribution in [3.05, 3.63) is 0 Å². The van der Waals surface area contributed by atoms with E-state index in [-0.39, 0.29) is 23.0 Å². The first-order chi connectivity index (χ1) is 8.52. The summed E-state index contributed by atoms with van der Waals surface area (Å²) in [6.07, 6.45) is 4.00. The molecular formula is C14H26N2O2. The van der Waals surface area contributed by atoms with E-state index in [1.54, 1.807) is 0 Å². The minimum atomic E-state index is -0.194. The van der Waals surface area contributed by atoms with Crippen LogP contribution in [0.3, 0.4) is 0 Å². The molecule has 2 saturated heterocycles. The van der Waals surface area contributed by atoms with Crippen LogP contribution in [0, 0.1) is 5.41 Å². The van der Waals surface area contributed by atoms with Gasteiger partial charge in [0.05, 0.1) is 17.1 Å². The van der Waals surface area contributed by atoms with Gasteiger partial charge < -0.3 is 15.4 Å². The maximum absolute atomic E-state index is 12.7. The summed E-state index contributed by atoms with van der Waals surface area (Å²) in [7, 11) is 0. The van der Waals surface area contributed by atoms with Crippen LogP contribution in [-0.4, -0.2) is 37.2 Å². The summed E-state index contributed by atoms with van der Waals surface area (Å²) < 4.78 is 5.59. The molecule has 0 aromatic carbocycles. The minimum Gasteiger partial charge on any atom is -0.376 e. The molecule has 3 atom stereocenters. The molecule has 3 unspecified atom stereocenters. The average molecular weight is 254 g/mol. The van der Waals surface area contributed by atoms with Crippen molar-refractivity contribution in [2.75, 3.05) is 19.7 Å². The molecule has 4 heteroatoms. The lowest BCUT2D eigenvalue weighted by molar-refractivity contribution is -0.133. The molecule has 2 aliphatic heterocycles. The zero-order valence-corrected chi connectivity index (χ0v) is 11.8. The molecule has 2 fully saturated rings. The summed E-state index contributed by atoms with van der Waals surface area (Å²) in [5.41, 5.74) is -0.388.